The van der Waals surface area contributed by atoms with Crippen LogP contribution in [0.25, 0.3) is 0 Å². The molecule has 0 aliphatic rings. The number of amides is 1. The zero-order chi connectivity index (χ0) is 13.5. The minimum atomic E-state index is -0.162. The van der Waals surface area contributed by atoms with Gasteiger partial charge in [-0.3, -0.25) is 10.2 Å². The normalized spacial score (nSPS) is 10.1. The van der Waals surface area contributed by atoms with Gasteiger partial charge in [0, 0.05) is 6.92 Å². The minimum Gasteiger partial charge on any atom is -0.495 e. The number of carbonyl (C=O) groups is 1. The molecule has 1 amide bonds. The van der Waals surface area contributed by atoms with E-state index < -0.39 is 0 Å². The Hall–Kier alpha value is -2.15. The van der Waals surface area contributed by atoms with Crippen LogP contribution in [-0.2, 0) is 4.79 Å². The molecule has 0 fully saturated rings. The Balaban J connectivity index is 2.87. The van der Waals surface area contributed by atoms with E-state index in [0.29, 0.717) is 11.4 Å². The highest BCUT2D eigenvalue weighted by Crippen LogP contribution is 2.24. The van der Waals surface area contributed by atoms with E-state index in [4.69, 9.17) is 10.5 Å². The van der Waals surface area contributed by atoms with Crippen molar-refractivity contribution in [2.24, 2.45) is 10.8 Å². The van der Waals surface area contributed by atoms with Crippen LogP contribution in [0.2, 0.25) is 0 Å². The monoisotopic (exact) mass is 266 g/mol. The average Bonchev–Trinajstić information content (AvgIpc) is 2.29. The smallest absolute Gasteiger partial charge is 0.221 e. The number of hydrogen-bond donors (Lipinski definition) is 3. The van der Waals surface area contributed by atoms with Crippen molar-refractivity contribution in [1.82, 2.24) is 5.43 Å². The number of rotatable bonds is 4. The summed E-state index contributed by atoms with van der Waals surface area (Å²) in [7, 11) is 1.52. The summed E-state index contributed by atoms with van der Waals surface area (Å²) < 4.78 is 5.17. The molecule has 0 heterocycles. The van der Waals surface area contributed by atoms with E-state index in [-0.39, 0.29) is 11.0 Å². The van der Waals surface area contributed by atoms with Crippen molar-refractivity contribution in [3.8, 4) is 5.75 Å². The molecule has 0 radical (unpaired) electrons. The molecule has 1 aromatic carbocycles. The van der Waals surface area contributed by atoms with Crippen LogP contribution in [0.5, 0.6) is 5.75 Å². The molecule has 6 nitrogen and oxygen atoms in total. The van der Waals surface area contributed by atoms with Crippen molar-refractivity contribution < 1.29 is 9.53 Å². The molecule has 4 N–H and O–H groups in total. The number of thiocarbonyl (C=S) groups is 1. The largest absolute Gasteiger partial charge is 0.495 e. The van der Waals surface area contributed by atoms with Crippen molar-refractivity contribution >= 4 is 35.1 Å². The first-order valence-corrected chi connectivity index (χ1v) is 5.48. The molecule has 18 heavy (non-hydrogen) atoms. The highest BCUT2D eigenvalue weighted by Gasteiger charge is 2.04. The van der Waals surface area contributed by atoms with E-state index in [9.17, 15) is 4.79 Å². The summed E-state index contributed by atoms with van der Waals surface area (Å²) in [6, 6.07) is 5.23. The van der Waals surface area contributed by atoms with E-state index in [0.717, 1.165) is 5.56 Å². The highest BCUT2D eigenvalue weighted by atomic mass is 32.1. The molecule has 0 spiro atoms. The van der Waals surface area contributed by atoms with Gasteiger partial charge < -0.3 is 15.8 Å². The number of nitrogens with two attached hydrogens (primary N) is 1. The first-order chi connectivity index (χ1) is 8.52. The Bertz CT molecular complexity index is 488. The number of methoxy groups -OCH3 is 1. The summed E-state index contributed by atoms with van der Waals surface area (Å²) in [5.41, 5.74) is 9.06. The molecule has 7 heteroatoms. The van der Waals surface area contributed by atoms with Gasteiger partial charge in [-0.15, -0.1) is 0 Å². The van der Waals surface area contributed by atoms with Gasteiger partial charge in [0.05, 0.1) is 19.0 Å². The molecule has 1 aromatic rings. The van der Waals surface area contributed by atoms with Gasteiger partial charge in [-0.1, -0.05) is 6.07 Å². The van der Waals surface area contributed by atoms with Gasteiger partial charge in [0.25, 0.3) is 0 Å². The average molecular weight is 266 g/mol. The van der Waals surface area contributed by atoms with E-state index in [1.165, 1.54) is 14.0 Å². The number of ether oxygens (including phenoxy) is 1. The van der Waals surface area contributed by atoms with Gasteiger partial charge >= 0.3 is 0 Å². The summed E-state index contributed by atoms with van der Waals surface area (Å²) in [6.07, 6.45) is 1.54. The first-order valence-electron chi connectivity index (χ1n) is 5.07. The highest BCUT2D eigenvalue weighted by molar-refractivity contribution is 7.80. The van der Waals surface area contributed by atoms with Crippen LogP contribution in [0.1, 0.15) is 12.5 Å². The number of anilines is 1. The lowest BCUT2D eigenvalue weighted by atomic mass is 10.2. The summed E-state index contributed by atoms with van der Waals surface area (Å²) in [6.45, 7) is 1.43. The summed E-state index contributed by atoms with van der Waals surface area (Å²) in [5, 5.41) is 6.57. The van der Waals surface area contributed by atoms with Gasteiger partial charge in [-0.25, -0.2) is 0 Å². The Labute approximate surface area is 110 Å². The molecular weight excluding hydrogens is 252 g/mol. The van der Waals surface area contributed by atoms with E-state index >= 15 is 0 Å². The standard InChI is InChI=1S/C11H14N4O2S/c1-7(16)14-9-4-3-8(5-10(9)17-2)6-13-15-11(12)18/h3-6H,1-2H3,(H,14,16)(H3,12,15,18)/b13-6-. The maximum Gasteiger partial charge on any atom is 0.221 e. The fourth-order valence-electron chi connectivity index (χ4n) is 1.25. The third-order valence-electron chi connectivity index (χ3n) is 1.92. The zero-order valence-electron chi connectivity index (χ0n) is 10.1. The summed E-state index contributed by atoms with van der Waals surface area (Å²) in [5.74, 6) is 0.384. The number of carbonyl (C=O) groups excluding carboxylic acids is 1. The van der Waals surface area contributed by atoms with Crippen LogP contribution >= 0.6 is 12.2 Å². The quantitative estimate of drug-likeness (QED) is 0.426. The van der Waals surface area contributed by atoms with Gasteiger partial charge in [-0.05, 0) is 29.9 Å². The van der Waals surface area contributed by atoms with Crippen LogP contribution in [-0.4, -0.2) is 24.3 Å². The van der Waals surface area contributed by atoms with E-state index in [2.05, 4.69) is 28.1 Å². The molecule has 0 aliphatic carbocycles. The van der Waals surface area contributed by atoms with E-state index in [1.54, 1.807) is 24.4 Å². The first kappa shape index (κ1) is 13.9. The molecule has 1 rings (SSSR count). The maximum absolute atomic E-state index is 11.0. The third kappa shape index (κ3) is 4.38. The summed E-state index contributed by atoms with van der Waals surface area (Å²) >= 11 is 4.61. The van der Waals surface area contributed by atoms with Crippen molar-refractivity contribution in [3.63, 3.8) is 0 Å². The molecule has 0 saturated heterocycles. The fraction of sp³-hybridized carbons (Fsp3) is 0.182. The van der Waals surface area contributed by atoms with Crippen molar-refractivity contribution in [1.29, 1.82) is 0 Å². The maximum atomic E-state index is 11.0. The Kier molecular flexibility index (Phi) is 5.06. The number of hydrazone groups is 1. The predicted molar refractivity (Wildman–Crippen MR) is 74.8 cm³/mol. The molecule has 0 aliphatic heterocycles. The molecule has 0 bridgehead atoms. The van der Waals surface area contributed by atoms with Crippen LogP contribution in [0.15, 0.2) is 23.3 Å². The molecule has 0 unspecified atom stereocenters. The Morgan fingerprint density at radius 3 is 2.83 bits per heavy atom. The Morgan fingerprint density at radius 1 is 1.56 bits per heavy atom. The predicted octanol–water partition coefficient (Wildman–Crippen LogP) is 0.821. The topological polar surface area (TPSA) is 88.7 Å². The van der Waals surface area contributed by atoms with Gasteiger partial charge in [0.1, 0.15) is 5.75 Å². The lowest BCUT2D eigenvalue weighted by Gasteiger charge is -2.09. The molecule has 96 valence electrons. The second-order valence-electron chi connectivity index (χ2n) is 3.38. The molecule has 0 aromatic heterocycles. The zero-order valence-corrected chi connectivity index (χ0v) is 10.9. The van der Waals surface area contributed by atoms with Crippen LogP contribution in [0, 0.1) is 0 Å². The second kappa shape index (κ2) is 6.55. The lowest BCUT2D eigenvalue weighted by Crippen LogP contribution is -2.23. The van der Waals surface area contributed by atoms with Crippen molar-refractivity contribution in [3.05, 3.63) is 23.8 Å². The fourth-order valence-corrected chi connectivity index (χ4v) is 1.30. The van der Waals surface area contributed by atoms with Gasteiger partial charge in [0.15, 0.2) is 5.11 Å². The summed E-state index contributed by atoms with van der Waals surface area (Å²) in [4.78, 5) is 11.0. The lowest BCUT2D eigenvalue weighted by molar-refractivity contribution is -0.114. The van der Waals surface area contributed by atoms with Crippen molar-refractivity contribution in [2.45, 2.75) is 6.92 Å². The number of nitrogens with one attached hydrogen (secondary N) is 2. The van der Waals surface area contributed by atoms with Crippen LogP contribution < -0.4 is 21.2 Å². The van der Waals surface area contributed by atoms with E-state index in [1.807, 2.05) is 0 Å². The molecule has 0 saturated carbocycles. The van der Waals surface area contributed by atoms with Crippen molar-refractivity contribution in [2.75, 3.05) is 12.4 Å². The van der Waals surface area contributed by atoms with Gasteiger partial charge in [0.2, 0.25) is 5.91 Å². The van der Waals surface area contributed by atoms with Crippen LogP contribution in [0.3, 0.4) is 0 Å². The Morgan fingerprint density at radius 2 is 2.28 bits per heavy atom. The molecular formula is C11H14N4O2S. The van der Waals surface area contributed by atoms with Gasteiger partial charge in [-0.2, -0.15) is 5.10 Å². The number of nitrogens with zero attached hydrogens (tertiary/aromatic N) is 1. The third-order valence-corrected chi connectivity index (χ3v) is 2.02. The molecule has 0 atom stereocenters. The second-order valence-corrected chi connectivity index (χ2v) is 3.81. The number of benzene rings is 1. The number of hydrogen-bond acceptors (Lipinski definition) is 4. The minimum absolute atomic E-state index is 0.0908. The van der Waals surface area contributed by atoms with Crippen LogP contribution in [0.4, 0.5) is 5.69 Å². The SMILES string of the molecule is COc1cc(/C=N\NC(N)=S)ccc1NC(C)=O.